The van der Waals surface area contributed by atoms with Crippen molar-refractivity contribution in [3.8, 4) is 5.75 Å². The topological polar surface area (TPSA) is 89.6 Å². The van der Waals surface area contributed by atoms with Crippen LogP contribution in [-0.4, -0.2) is 23.6 Å². The Morgan fingerprint density at radius 1 is 1.44 bits per heavy atom. The Hall–Kier alpha value is -1.56. The number of halogens is 1. The lowest BCUT2D eigenvalue weighted by Gasteiger charge is -2.08. The summed E-state index contributed by atoms with van der Waals surface area (Å²) in [5, 5.41) is 8.91. The molecule has 0 fully saturated rings. The van der Waals surface area contributed by atoms with Crippen LogP contribution >= 0.6 is 15.9 Å². The van der Waals surface area contributed by atoms with Crippen molar-refractivity contribution < 1.29 is 19.4 Å². The molecule has 16 heavy (non-hydrogen) atoms. The summed E-state index contributed by atoms with van der Waals surface area (Å²) in [6, 6.07) is 4.61. The Bertz CT molecular complexity index is 419. The number of carboxylic acid groups (broad SMARTS) is 1. The third kappa shape index (κ3) is 3.54. The number of carboxylic acids is 1. The van der Waals surface area contributed by atoms with E-state index in [2.05, 4.69) is 15.9 Å². The maximum absolute atomic E-state index is 10.9. The average Bonchev–Trinajstić information content (AvgIpc) is 2.19. The Morgan fingerprint density at radius 2 is 2.12 bits per heavy atom. The molecule has 0 aromatic heterocycles. The zero-order valence-electron chi connectivity index (χ0n) is 8.27. The molecule has 5 nitrogen and oxygen atoms in total. The van der Waals surface area contributed by atoms with Crippen molar-refractivity contribution in [1.29, 1.82) is 0 Å². The lowest BCUT2D eigenvalue weighted by molar-refractivity contribution is -0.118. The van der Waals surface area contributed by atoms with Crippen molar-refractivity contribution in [3.05, 3.63) is 28.2 Å². The lowest BCUT2D eigenvalue weighted by Crippen LogP contribution is -2.15. The Balaban J connectivity index is 2.78. The van der Waals surface area contributed by atoms with Gasteiger partial charge in [-0.1, -0.05) is 15.9 Å². The largest absolute Gasteiger partial charge is 0.492 e. The summed E-state index contributed by atoms with van der Waals surface area (Å²) >= 11 is 3.16. The van der Waals surface area contributed by atoms with E-state index in [0.717, 1.165) is 0 Å². The van der Waals surface area contributed by atoms with Gasteiger partial charge in [0.25, 0.3) is 0 Å². The molecule has 6 heteroatoms. The van der Waals surface area contributed by atoms with Crippen LogP contribution in [0.1, 0.15) is 16.8 Å². The molecule has 1 aromatic rings. The van der Waals surface area contributed by atoms with Gasteiger partial charge in [0, 0.05) is 4.47 Å². The first-order chi connectivity index (χ1) is 7.50. The molecular formula is C10H10BrNO4. The first-order valence-electron chi connectivity index (χ1n) is 4.44. The van der Waals surface area contributed by atoms with E-state index in [1.165, 1.54) is 12.1 Å². The van der Waals surface area contributed by atoms with Gasteiger partial charge in [-0.05, 0) is 18.2 Å². The SMILES string of the molecule is NC(=O)CCOc1ccc(Br)cc1C(=O)O. The normalized spacial score (nSPS) is 9.81. The van der Waals surface area contributed by atoms with Crippen molar-refractivity contribution in [3.63, 3.8) is 0 Å². The summed E-state index contributed by atoms with van der Waals surface area (Å²) in [7, 11) is 0. The van der Waals surface area contributed by atoms with Crippen molar-refractivity contribution in [2.45, 2.75) is 6.42 Å². The number of primary amides is 1. The number of ether oxygens (including phenoxy) is 1. The van der Waals surface area contributed by atoms with Crippen LogP contribution < -0.4 is 10.5 Å². The van der Waals surface area contributed by atoms with Crippen molar-refractivity contribution in [2.24, 2.45) is 5.73 Å². The number of nitrogens with two attached hydrogens (primary N) is 1. The Labute approximate surface area is 100 Å². The minimum Gasteiger partial charge on any atom is -0.492 e. The predicted molar refractivity (Wildman–Crippen MR) is 60.4 cm³/mol. The molecule has 0 heterocycles. The number of rotatable bonds is 5. The number of amides is 1. The average molecular weight is 288 g/mol. The predicted octanol–water partition coefficient (Wildman–Crippen LogP) is 1.40. The molecule has 3 N–H and O–H groups in total. The summed E-state index contributed by atoms with van der Waals surface area (Å²) < 4.78 is 5.81. The van der Waals surface area contributed by atoms with Crippen LogP contribution in [0, 0.1) is 0 Å². The highest BCUT2D eigenvalue weighted by Crippen LogP contribution is 2.23. The smallest absolute Gasteiger partial charge is 0.339 e. The van der Waals surface area contributed by atoms with E-state index < -0.39 is 11.9 Å². The third-order valence-electron chi connectivity index (χ3n) is 1.78. The molecule has 0 unspecified atom stereocenters. The molecular weight excluding hydrogens is 278 g/mol. The first-order valence-corrected chi connectivity index (χ1v) is 5.24. The number of carbonyl (C=O) groups is 2. The van der Waals surface area contributed by atoms with Gasteiger partial charge in [-0.25, -0.2) is 4.79 Å². The fraction of sp³-hybridized carbons (Fsp3) is 0.200. The van der Waals surface area contributed by atoms with E-state index in [4.69, 9.17) is 15.6 Å². The molecule has 0 aliphatic carbocycles. The summed E-state index contributed by atoms with van der Waals surface area (Å²) in [6.45, 7) is 0.0667. The van der Waals surface area contributed by atoms with Crippen LogP contribution in [0.2, 0.25) is 0 Å². The van der Waals surface area contributed by atoms with E-state index in [9.17, 15) is 9.59 Å². The van der Waals surface area contributed by atoms with Crippen molar-refractivity contribution in [2.75, 3.05) is 6.61 Å². The van der Waals surface area contributed by atoms with Gasteiger partial charge in [0.2, 0.25) is 5.91 Å². The zero-order valence-corrected chi connectivity index (χ0v) is 9.86. The molecule has 0 spiro atoms. The molecule has 1 amide bonds. The van der Waals surface area contributed by atoms with Crippen LogP contribution in [-0.2, 0) is 4.79 Å². The van der Waals surface area contributed by atoms with Gasteiger partial charge < -0.3 is 15.6 Å². The van der Waals surface area contributed by atoms with Gasteiger partial charge in [-0.3, -0.25) is 4.79 Å². The fourth-order valence-corrected chi connectivity index (χ4v) is 1.42. The van der Waals surface area contributed by atoms with Gasteiger partial charge in [0.05, 0.1) is 13.0 Å². The quantitative estimate of drug-likeness (QED) is 0.857. The number of carbonyl (C=O) groups excluding carboxylic acids is 1. The third-order valence-corrected chi connectivity index (χ3v) is 2.27. The summed E-state index contributed by atoms with van der Waals surface area (Å²) in [5.41, 5.74) is 4.98. The number of hydrogen-bond acceptors (Lipinski definition) is 3. The number of benzene rings is 1. The Kier molecular flexibility index (Phi) is 4.30. The second-order valence-corrected chi connectivity index (χ2v) is 3.93. The number of aromatic carboxylic acids is 1. The lowest BCUT2D eigenvalue weighted by atomic mass is 10.2. The highest BCUT2D eigenvalue weighted by molar-refractivity contribution is 9.10. The van der Waals surface area contributed by atoms with Crippen molar-refractivity contribution in [1.82, 2.24) is 0 Å². The fourth-order valence-electron chi connectivity index (χ4n) is 1.06. The summed E-state index contributed by atoms with van der Waals surface area (Å²) in [4.78, 5) is 21.4. The maximum atomic E-state index is 10.9. The minimum absolute atomic E-state index is 0.0406. The zero-order chi connectivity index (χ0) is 12.1. The molecule has 1 aromatic carbocycles. The maximum Gasteiger partial charge on any atom is 0.339 e. The monoisotopic (exact) mass is 287 g/mol. The molecule has 0 saturated heterocycles. The van der Waals surface area contributed by atoms with Gasteiger partial charge >= 0.3 is 5.97 Å². The standard InChI is InChI=1S/C10H10BrNO4/c11-6-1-2-8(7(5-6)10(14)15)16-4-3-9(12)13/h1-2,5H,3-4H2,(H2,12,13)(H,14,15). The van der Waals surface area contributed by atoms with E-state index in [0.29, 0.717) is 4.47 Å². The summed E-state index contributed by atoms with van der Waals surface area (Å²) in [5.74, 6) is -1.36. The molecule has 0 aliphatic heterocycles. The first kappa shape index (κ1) is 12.5. The molecule has 0 bridgehead atoms. The highest BCUT2D eigenvalue weighted by atomic mass is 79.9. The molecule has 1 rings (SSSR count). The number of hydrogen-bond donors (Lipinski definition) is 2. The highest BCUT2D eigenvalue weighted by Gasteiger charge is 2.11. The van der Waals surface area contributed by atoms with Gasteiger partial charge in [0.15, 0.2) is 0 Å². The Morgan fingerprint density at radius 3 is 2.69 bits per heavy atom. The second-order valence-electron chi connectivity index (χ2n) is 3.01. The van der Waals surface area contributed by atoms with E-state index in [-0.39, 0.29) is 24.3 Å². The molecule has 0 saturated carbocycles. The molecule has 86 valence electrons. The van der Waals surface area contributed by atoms with Crippen LogP contribution in [0.25, 0.3) is 0 Å². The van der Waals surface area contributed by atoms with Gasteiger partial charge in [-0.2, -0.15) is 0 Å². The summed E-state index contributed by atoms with van der Waals surface area (Å²) in [6.07, 6.45) is 0.0507. The van der Waals surface area contributed by atoms with E-state index >= 15 is 0 Å². The minimum atomic E-state index is -1.09. The molecule has 0 atom stereocenters. The van der Waals surface area contributed by atoms with Crippen LogP contribution in [0.15, 0.2) is 22.7 Å². The second kappa shape index (κ2) is 5.50. The van der Waals surface area contributed by atoms with Crippen LogP contribution in [0.4, 0.5) is 0 Å². The van der Waals surface area contributed by atoms with Crippen LogP contribution in [0.3, 0.4) is 0 Å². The van der Waals surface area contributed by atoms with E-state index in [1.807, 2.05) is 0 Å². The van der Waals surface area contributed by atoms with Crippen molar-refractivity contribution >= 4 is 27.8 Å². The van der Waals surface area contributed by atoms with Gasteiger partial charge in [-0.15, -0.1) is 0 Å². The van der Waals surface area contributed by atoms with E-state index in [1.54, 1.807) is 6.07 Å². The van der Waals surface area contributed by atoms with Gasteiger partial charge in [0.1, 0.15) is 11.3 Å². The van der Waals surface area contributed by atoms with Crippen LogP contribution in [0.5, 0.6) is 5.75 Å². The molecule has 0 radical (unpaired) electrons. The molecule has 0 aliphatic rings.